The van der Waals surface area contributed by atoms with Crippen LogP contribution in [0.3, 0.4) is 0 Å². The highest BCUT2D eigenvalue weighted by Crippen LogP contribution is 2.39. The molecule has 2 bridgehead atoms. The van der Waals surface area contributed by atoms with Crippen LogP contribution in [0.5, 0.6) is 0 Å². The molecule has 3 aromatic heterocycles. The van der Waals surface area contributed by atoms with Crippen LogP contribution < -0.4 is 4.90 Å². The molecule has 3 aliphatic rings. The molecular weight excluding hydrogens is 392 g/mol. The number of amides is 1. The van der Waals surface area contributed by atoms with Crippen LogP contribution in [0, 0.1) is 5.92 Å². The molecule has 1 saturated carbocycles. The van der Waals surface area contributed by atoms with Crippen molar-refractivity contribution in [3.63, 3.8) is 0 Å². The second-order valence-electron chi connectivity index (χ2n) is 8.44. The lowest BCUT2D eigenvalue weighted by molar-refractivity contribution is -0.135. The Hall–Kier alpha value is -3.04. The lowest BCUT2D eigenvalue weighted by Gasteiger charge is -2.41. The zero-order valence-corrected chi connectivity index (χ0v) is 16.2. The Balaban J connectivity index is 1.31. The lowest BCUT2D eigenvalue weighted by Crippen LogP contribution is -2.56. The third-order valence-corrected chi connectivity index (χ3v) is 6.48. The van der Waals surface area contributed by atoms with Crippen LogP contribution in [-0.4, -0.2) is 60.4 Å². The van der Waals surface area contributed by atoms with Gasteiger partial charge in [0.05, 0.1) is 6.20 Å². The first-order chi connectivity index (χ1) is 14.6. The van der Waals surface area contributed by atoms with Gasteiger partial charge in [-0.05, 0) is 31.7 Å². The van der Waals surface area contributed by atoms with E-state index in [2.05, 4.69) is 25.0 Å². The molecular formula is C20H21F2N7O. The maximum absolute atomic E-state index is 12.9. The van der Waals surface area contributed by atoms with Gasteiger partial charge in [-0.25, -0.2) is 14.2 Å². The van der Waals surface area contributed by atoms with Crippen LogP contribution in [0.4, 0.5) is 14.6 Å². The van der Waals surface area contributed by atoms with Gasteiger partial charge < -0.3 is 9.80 Å². The largest absolute Gasteiger partial charge is 0.351 e. The average molecular weight is 413 g/mol. The summed E-state index contributed by atoms with van der Waals surface area (Å²) in [6.07, 6.45) is 10.2. The van der Waals surface area contributed by atoms with E-state index in [-0.39, 0.29) is 18.0 Å². The van der Waals surface area contributed by atoms with E-state index in [9.17, 15) is 13.6 Å². The standard InChI is InChI=1S/C20H21F2N7O/c21-20(22)28-8-14(6-24-28)13-5-17-18(23-11-25-27(17)7-13)26-9-15-3-4-16(10-26)29(15)19(30)12-1-2-12/h5-8,11-12,15-16,20H,1-4,9-10H2. The smallest absolute Gasteiger partial charge is 0.333 e. The molecule has 2 aliphatic heterocycles. The van der Waals surface area contributed by atoms with Crippen molar-refractivity contribution in [1.82, 2.24) is 29.3 Å². The van der Waals surface area contributed by atoms with Crippen LogP contribution in [0.1, 0.15) is 32.2 Å². The highest BCUT2D eigenvalue weighted by atomic mass is 19.3. The summed E-state index contributed by atoms with van der Waals surface area (Å²) in [6, 6.07) is 2.36. The van der Waals surface area contributed by atoms with Crippen molar-refractivity contribution < 1.29 is 13.6 Å². The molecule has 5 heterocycles. The molecule has 1 aliphatic carbocycles. The fraction of sp³-hybridized carbons (Fsp3) is 0.500. The van der Waals surface area contributed by atoms with Crippen LogP contribution in [0.2, 0.25) is 0 Å². The van der Waals surface area contributed by atoms with Gasteiger partial charge in [-0.1, -0.05) is 0 Å². The Labute approximate surface area is 171 Å². The van der Waals surface area contributed by atoms with E-state index >= 15 is 0 Å². The lowest BCUT2D eigenvalue weighted by atomic mass is 10.1. The number of anilines is 1. The number of alkyl halides is 2. The zero-order chi connectivity index (χ0) is 20.4. The van der Waals surface area contributed by atoms with E-state index in [1.807, 2.05) is 6.07 Å². The molecule has 156 valence electrons. The quantitative estimate of drug-likeness (QED) is 0.658. The molecule has 2 saturated heterocycles. The zero-order valence-electron chi connectivity index (χ0n) is 16.2. The molecule has 3 fully saturated rings. The van der Waals surface area contributed by atoms with E-state index in [4.69, 9.17) is 0 Å². The van der Waals surface area contributed by atoms with Crippen molar-refractivity contribution in [2.24, 2.45) is 5.92 Å². The highest BCUT2D eigenvalue weighted by Gasteiger charge is 2.46. The monoisotopic (exact) mass is 413 g/mol. The second-order valence-corrected chi connectivity index (χ2v) is 8.44. The number of aromatic nitrogens is 5. The molecule has 10 heteroatoms. The number of hydrogen-bond acceptors (Lipinski definition) is 5. The van der Waals surface area contributed by atoms with E-state index < -0.39 is 6.55 Å². The average Bonchev–Trinajstić information content (AvgIpc) is 3.19. The number of carbonyl (C=O) groups is 1. The SMILES string of the molecule is O=C(C1CC1)N1C2CCC1CN(c1ncnn3cc(-c4cnn(C(F)F)c4)cc13)C2. The number of piperazine rings is 1. The number of nitrogens with zero attached hydrogens (tertiary/aromatic N) is 7. The summed E-state index contributed by atoms with van der Waals surface area (Å²) in [5, 5.41) is 8.01. The number of fused-ring (bicyclic) bond motifs is 3. The van der Waals surface area contributed by atoms with Gasteiger partial charge in [-0.2, -0.15) is 19.0 Å². The van der Waals surface area contributed by atoms with Gasteiger partial charge in [0.25, 0.3) is 0 Å². The van der Waals surface area contributed by atoms with Gasteiger partial charge in [0.15, 0.2) is 5.82 Å². The minimum Gasteiger partial charge on any atom is -0.351 e. The normalized spacial score (nSPS) is 23.7. The summed E-state index contributed by atoms with van der Waals surface area (Å²) in [4.78, 5) is 21.6. The molecule has 6 rings (SSSR count). The molecule has 3 aromatic rings. The summed E-state index contributed by atoms with van der Waals surface area (Å²) < 4.78 is 28.1. The molecule has 0 radical (unpaired) electrons. The van der Waals surface area contributed by atoms with E-state index in [0.717, 1.165) is 55.7 Å². The summed E-state index contributed by atoms with van der Waals surface area (Å²) in [5.74, 6) is 1.39. The highest BCUT2D eigenvalue weighted by molar-refractivity contribution is 5.83. The third-order valence-electron chi connectivity index (χ3n) is 6.48. The van der Waals surface area contributed by atoms with Crippen molar-refractivity contribution in [3.8, 4) is 11.1 Å². The number of hydrogen-bond donors (Lipinski definition) is 0. The Morgan fingerprint density at radius 3 is 2.47 bits per heavy atom. The van der Waals surface area contributed by atoms with Crippen molar-refractivity contribution in [1.29, 1.82) is 0 Å². The van der Waals surface area contributed by atoms with Crippen LogP contribution >= 0.6 is 0 Å². The maximum Gasteiger partial charge on any atom is 0.333 e. The van der Waals surface area contributed by atoms with Crippen LogP contribution in [0.25, 0.3) is 16.6 Å². The van der Waals surface area contributed by atoms with Gasteiger partial charge in [-0.15, -0.1) is 0 Å². The first kappa shape index (κ1) is 17.8. The van der Waals surface area contributed by atoms with E-state index in [1.165, 1.54) is 18.7 Å². The van der Waals surface area contributed by atoms with Gasteiger partial charge in [0, 0.05) is 54.6 Å². The van der Waals surface area contributed by atoms with E-state index in [1.54, 1.807) is 10.7 Å². The van der Waals surface area contributed by atoms with Crippen molar-refractivity contribution >= 4 is 17.2 Å². The summed E-state index contributed by atoms with van der Waals surface area (Å²) >= 11 is 0. The first-order valence-electron chi connectivity index (χ1n) is 10.3. The molecule has 0 aromatic carbocycles. The van der Waals surface area contributed by atoms with Gasteiger partial charge in [0.1, 0.15) is 11.8 Å². The fourth-order valence-electron chi connectivity index (χ4n) is 4.89. The van der Waals surface area contributed by atoms with Crippen molar-refractivity contribution in [2.75, 3.05) is 18.0 Å². The predicted molar refractivity (Wildman–Crippen MR) is 104 cm³/mol. The minimum atomic E-state index is -2.67. The Morgan fingerprint density at radius 1 is 1.03 bits per heavy atom. The number of halogens is 2. The van der Waals surface area contributed by atoms with Crippen LogP contribution in [-0.2, 0) is 4.79 Å². The van der Waals surface area contributed by atoms with E-state index in [0.29, 0.717) is 16.2 Å². The van der Waals surface area contributed by atoms with Crippen molar-refractivity contribution in [2.45, 2.75) is 44.3 Å². The molecule has 2 unspecified atom stereocenters. The minimum absolute atomic E-state index is 0.227. The Kier molecular flexibility index (Phi) is 3.84. The molecule has 0 spiro atoms. The Morgan fingerprint density at radius 2 is 1.80 bits per heavy atom. The summed E-state index contributed by atoms with van der Waals surface area (Å²) in [5.41, 5.74) is 2.18. The maximum atomic E-state index is 12.9. The molecule has 30 heavy (non-hydrogen) atoms. The third kappa shape index (κ3) is 2.77. The van der Waals surface area contributed by atoms with Crippen LogP contribution in [0.15, 0.2) is 31.0 Å². The summed E-state index contributed by atoms with van der Waals surface area (Å²) in [6.45, 7) is -1.16. The van der Waals surface area contributed by atoms with Gasteiger partial charge in [-0.3, -0.25) is 4.79 Å². The topological polar surface area (TPSA) is 71.6 Å². The molecule has 8 nitrogen and oxygen atoms in total. The second kappa shape index (κ2) is 6.48. The first-order valence-corrected chi connectivity index (χ1v) is 10.3. The Bertz CT molecular complexity index is 1110. The number of rotatable bonds is 4. The fourth-order valence-corrected chi connectivity index (χ4v) is 4.89. The molecule has 1 amide bonds. The predicted octanol–water partition coefficient (Wildman–Crippen LogP) is 2.58. The van der Waals surface area contributed by atoms with Gasteiger partial charge >= 0.3 is 6.55 Å². The summed E-state index contributed by atoms with van der Waals surface area (Å²) in [7, 11) is 0. The van der Waals surface area contributed by atoms with Gasteiger partial charge in [0.2, 0.25) is 5.91 Å². The molecule has 2 atom stereocenters. The number of carbonyl (C=O) groups excluding carboxylic acids is 1. The molecule has 0 N–H and O–H groups in total. The van der Waals surface area contributed by atoms with Crippen molar-refractivity contribution in [3.05, 3.63) is 31.0 Å².